The van der Waals surface area contributed by atoms with Crippen LogP contribution in [-0.2, 0) is 6.42 Å². The van der Waals surface area contributed by atoms with Gasteiger partial charge in [-0.15, -0.1) is 11.3 Å². The Morgan fingerprint density at radius 2 is 2.12 bits per heavy atom. The van der Waals surface area contributed by atoms with Crippen molar-refractivity contribution in [3.05, 3.63) is 51.4 Å². The first kappa shape index (κ1) is 18.1. The van der Waals surface area contributed by atoms with E-state index in [4.69, 9.17) is 9.47 Å². The first-order valence-electron chi connectivity index (χ1n) is 8.51. The third-order valence-electron chi connectivity index (χ3n) is 3.82. The molecule has 0 bridgehead atoms. The monoisotopic (exact) mass is 371 g/mol. The summed E-state index contributed by atoms with van der Waals surface area (Å²) in [7, 11) is 1.60. The fourth-order valence-corrected chi connectivity index (χ4v) is 3.37. The third-order valence-corrected chi connectivity index (χ3v) is 5.00. The second-order valence-corrected chi connectivity index (χ2v) is 6.80. The Bertz CT molecular complexity index is 991. The molecular formula is C19H21N3O3S. The van der Waals surface area contributed by atoms with E-state index >= 15 is 0 Å². The smallest absolute Gasteiger partial charge is 0.282 e. The molecule has 0 aliphatic heterocycles. The van der Waals surface area contributed by atoms with Crippen molar-refractivity contribution >= 4 is 27.8 Å². The largest absolute Gasteiger partial charge is 0.493 e. The summed E-state index contributed by atoms with van der Waals surface area (Å²) in [5.74, 6) is 1.32. The van der Waals surface area contributed by atoms with Crippen molar-refractivity contribution in [3.8, 4) is 11.5 Å². The zero-order chi connectivity index (χ0) is 18.5. The van der Waals surface area contributed by atoms with Crippen molar-refractivity contribution in [1.29, 1.82) is 0 Å². The minimum atomic E-state index is -0.168. The van der Waals surface area contributed by atoms with Crippen LogP contribution in [0.5, 0.6) is 11.5 Å². The standard InChI is InChI=1S/C19H21N3O3S/c1-4-8-25-17-9-13(6-7-16(17)24-3)11-21-22-12-20-18-15(19(22)23)10-14(5-2)26-18/h6-7,9-12H,4-5,8H2,1-3H3/b21-11-. The van der Waals surface area contributed by atoms with Crippen LogP contribution in [0.3, 0.4) is 0 Å². The topological polar surface area (TPSA) is 65.7 Å². The average Bonchev–Trinajstić information content (AvgIpc) is 3.10. The highest BCUT2D eigenvalue weighted by atomic mass is 32.1. The Kier molecular flexibility index (Phi) is 5.68. The molecule has 26 heavy (non-hydrogen) atoms. The van der Waals surface area contributed by atoms with Crippen LogP contribution in [0, 0.1) is 0 Å². The number of thiophene rings is 1. The number of hydrogen-bond donors (Lipinski definition) is 0. The molecule has 0 aliphatic rings. The van der Waals surface area contributed by atoms with E-state index < -0.39 is 0 Å². The lowest BCUT2D eigenvalue weighted by molar-refractivity contribution is 0.294. The van der Waals surface area contributed by atoms with Crippen LogP contribution >= 0.6 is 11.3 Å². The molecule has 0 amide bonds. The zero-order valence-corrected chi connectivity index (χ0v) is 15.9. The molecule has 136 valence electrons. The Morgan fingerprint density at radius 1 is 1.27 bits per heavy atom. The quantitative estimate of drug-likeness (QED) is 0.594. The predicted octanol–water partition coefficient (Wildman–Crippen LogP) is 3.70. The van der Waals surface area contributed by atoms with E-state index in [0.717, 1.165) is 28.1 Å². The van der Waals surface area contributed by atoms with Crippen LogP contribution in [0.1, 0.15) is 30.7 Å². The van der Waals surface area contributed by atoms with Gasteiger partial charge in [0.2, 0.25) is 0 Å². The molecule has 0 saturated carbocycles. The van der Waals surface area contributed by atoms with Crippen LogP contribution in [0.2, 0.25) is 0 Å². The maximum atomic E-state index is 12.6. The highest BCUT2D eigenvalue weighted by molar-refractivity contribution is 7.18. The molecule has 7 heteroatoms. The van der Waals surface area contributed by atoms with Crippen molar-refractivity contribution in [3.63, 3.8) is 0 Å². The van der Waals surface area contributed by atoms with Gasteiger partial charge in [-0.25, -0.2) is 4.98 Å². The molecule has 1 aromatic carbocycles. The van der Waals surface area contributed by atoms with E-state index in [0.29, 0.717) is 23.5 Å². The number of aryl methyl sites for hydroxylation is 1. The van der Waals surface area contributed by atoms with Crippen LogP contribution in [0.15, 0.2) is 40.5 Å². The van der Waals surface area contributed by atoms with Gasteiger partial charge in [0.25, 0.3) is 5.56 Å². The molecule has 2 heterocycles. The highest BCUT2D eigenvalue weighted by Crippen LogP contribution is 2.27. The zero-order valence-electron chi connectivity index (χ0n) is 15.1. The summed E-state index contributed by atoms with van der Waals surface area (Å²) in [6.45, 7) is 4.71. The second-order valence-electron chi connectivity index (χ2n) is 5.68. The van der Waals surface area contributed by atoms with Crippen LogP contribution in [0.25, 0.3) is 10.2 Å². The van der Waals surface area contributed by atoms with Gasteiger partial charge in [-0.2, -0.15) is 9.78 Å². The summed E-state index contributed by atoms with van der Waals surface area (Å²) in [4.78, 5) is 18.8. The molecule has 0 fully saturated rings. The molecule has 3 rings (SSSR count). The van der Waals surface area contributed by atoms with Crippen LogP contribution in [-0.4, -0.2) is 29.6 Å². The number of nitrogens with zero attached hydrogens (tertiary/aromatic N) is 3. The molecule has 0 N–H and O–H groups in total. The summed E-state index contributed by atoms with van der Waals surface area (Å²) in [5.41, 5.74) is 0.640. The Labute approximate surface area is 155 Å². The molecular weight excluding hydrogens is 350 g/mol. The normalized spacial score (nSPS) is 11.3. The second kappa shape index (κ2) is 8.14. The van der Waals surface area contributed by atoms with Crippen LogP contribution < -0.4 is 15.0 Å². The molecule has 0 saturated heterocycles. The van der Waals surface area contributed by atoms with Crippen LogP contribution in [0.4, 0.5) is 0 Å². The van der Waals surface area contributed by atoms with Gasteiger partial charge in [0.05, 0.1) is 25.3 Å². The Hall–Kier alpha value is -2.67. The van der Waals surface area contributed by atoms with Gasteiger partial charge >= 0.3 is 0 Å². The maximum absolute atomic E-state index is 12.6. The average molecular weight is 371 g/mol. The summed E-state index contributed by atoms with van der Waals surface area (Å²) in [6.07, 6.45) is 4.86. The molecule has 0 unspecified atom stereocenters. The van der Waals surface area contributed by atoms with E-state index in [1.807, 2.05) is 31.2 Å². The Balaban J connectivity index is 1.91. The van der Waals surface area contributed by atoms with Gasteiger partial charge in [0.15, 0.2) is 11.5 Å². The first-order valence-corrected chi connectivity index (χ1v) is 9.33. The molecule has 0 aliphatic carbocycles. The van der Waals surface area contributed by atoms with Crippen molar-refractivity contribution in [2.45, 2.75) is 26.7 Å². The maximum Gasteiger partial charge on any atom is 0.282 e. The number of fused-ring (bicyclic) bond motifs is 1. The van der Waals surface area contributed by atoms with Crippen molar-refractivity contribution in [1.82, 2.24) is 9.66 Å². The summed E-state index contributed by atoms with van der Waals surface area (Å²) < 4.78 is 12.3. The number of methoxy groups -OCH3 is 1. The fraction of sp³-hybridized carbons (Fsp3) is 0.316. The minimum Gasteiger partial charge on any atom is -0.493 e. The fourth-order valence-electron chi connectivity index (χ4n) is 2.45. The number of rotatable bonds is 7. The van der Waals surface area contributed by atoms with Gasteiger partial charge in [0, 0.05) is 4.88 Å². The predicted molar refractivity (Wildman–Crippen MR) is 105 cm³/mol. The molecule has 3 aromatic rings. The SMILES string of the molecule is CCCOc1cc(/C=N\n2cnc3sc(CC)cc3c2=O)ccc1OC. The summed E-state index contributed by atoms with van der Waals surface area (Å²) in [5, 5.41) is 4.87. The number of aromatic nitrogens is 2. The lowest BCUT2D eigenvalue weighted by atomic mass is 10.2. The van der Waals surface area contributed by atoms with E-state index in [1.54, 1.807) is 24.7 Å². The molecule has 2 aromatic heterocycles. The van der Waals surface area contributed by atoms with E-state index in [-0.39, 0.29) is 5.56 Å². The molecule has 0 atom stereocenters. The van der Waals surface area contributed by atoms with Gasteiger partial charge in [-0.3, -0.25) is 4.79 Å². The van der Waals surface area contributed by atoms with E-state index in [1.165, 1.54) is 11.0 Å². The third kappa shape index (κ3) is 3.77. The van der Waals surface area contributed by atoms with Gasteiger partial charge in [-0.05, 0) is 42.7 Å². The summed E-state index contributed by atoms with van der Waals surface area (Å²) >= 11 is 1.54. The number of benzene rings is 1. The minimum absolute atomic E-state index is 0.168. The molecule has 6 nitrogen and oxygen atoms in total. The van der Waals surface area contributed by atoms with E-state index in [9.17, 15) is 4.79 Å². The lowest BCUT2D eigenvalue weighted by Crippen LogP contribution is -2.16. The van der Waals surface area contributed by atoms with Gasteiger partial charge in [-0.1, -0.05) is 13.8 Å². The van der Waals surface area contributed by atoms with Gasteiger partial charge < -0.3 is 9.47 Å². The van der Waals surface area contributed by atoms with Crippen molar-refractivity contribution < 1.29 is 9.47 Å². The van der Waals surface area contributed by atoms with Gasteiger partial charge in [0.1, 0.15) is 11.2 Å². The molecule has 0 radical (unpaired) electrons. The lowest BCUT2D eigenvalue weighted by Gasteiger charge is -2.10. The highest BCUT2D eigenvalue weighted by Gasteiger charge is 2.08. The first-order chi connectivity index (χ1) is 12.7. The van der Waals surface area contributed by atoms with Crippen molar-refractivity contribution in [2.24, 2.45) is 5.10 Å². The van der Waals surface area contributed by atoms with Crippen molar-refractivity contribution in [2.75, 3.05) is 13.7 Å². The Morgan fingerprint density at radius 3 is 2.85 bits per heavy atom. The number of ether oxygens (including phenoxy) is 2. The van der Waals surface area contributed by atoms with E-state index in [2.05, 4.69) is 17.0 Å². The summed E-state index contributed by atoms with van der Waals surface area (Å²) in [6, 6.07) is 7.42. The molecule has 0 spiro atoms. The number of hydrogen-bond acceptors (Lipinski definition) is 6.